The molecule has 0 atom stereocenters. The predicted octanol–water partition coefficient (Wildman–Crippen LogP) is 3.98. The second kappa shape index (κ2) is 6.41. The van der Waals surface area contributed by atoms with E-state index in [1.807, 2.05) is 0 Å². The van der Waals surface area contributed by atoms with Gasteiger partial charge in [-0.2, -0.15) is 4.31 Å². The van der Waals surface area contributed by atoms with Crippen LogP contribution in [0.2, 0.25) is 10.2 Å². The molecule has 0 radical (unpaired) electrons. The average Bonchev–Trinajstić information content (AvgIpc) is 2.50. The van der Waals surface area contributed by atoms with Crippen molar-refractivity contribution in [3.05, 3.63) is 22.4 Å². The van der Waals surface area contributed by atoms with Gasteiger partial charge in [0.2, 0.25) is 10.0 Å². The Labute approximate surface area is 136 Å². The van der Waals surface area contributed by atoms with Crippen molar-refractivity contribution in [2.75, 3.05) is 13.1 Å². The molecule has 2 heterocycles. The van der Waals surface area contributed by atoms with E-state index in [4.69, 9.17) is 23.2 Å². The van der Waals surface area contributed by atoms with E-state index in [1.54, 1.807) is 0 Å². The Balaban J connectivity index is 2.20. The monoisotopic (exact) mass is 350 g/mol. The lowest BCUT2D eigenvalue weighted by Gasteiger charge is -2.40. The highest BCUT2D eigenvalue weighted by molar-refractivity contribution is 7.89. The second-order valence-corrected chi connectivity index (χ2v) is 8.26. The van der Waals surface area contributed by atoms with Crippen molar-refractivity contribution in [1.29, 1.82) is 0 Å². The summed E-state index contributed by atoms with van der Waals surface area (Å²) in [6.45, 7) is 5.45. The molecule has 1 aliphatic rings. The molecule has 118 valence electrons. The van der Waals surface area contributed by atoms with Crippen LogP contribution in [0.3, 0.4) is 0 Å². The van der Waals surface area contributed by atoms with Crippen LogP contribution in [0.5, 0.6) is 0 Å². The van der Waals surface area contributed by atoms with Crippen LogP contribution in [0, 0.1) is 5.41 Å². The first-order valence-corrected chi connectivity index (χ1v) is 9.35. The van der Waals surface area contributed by atoms with Crippen LogP contribution in [0.25, 0.3) is 0 Å². The molecule has 0 spiro atoms. The first kappa shape index (κ1) is 17.0. The molecule has 0 aromatic carbocycles. The van der Waals surface area contributed by atoms with Crippen LogP contribution < -0.4 is 0 Å². The van der Waals surface area contributed by atoms with E-state index >= 15 is 0 Å². The fraction of sp³-hybridized carbons (Fsp3) is 0.643. The zero-order valence-corrected chi connectivity index (χ0v) is 14.6. The summed E-state index contributed by atoms with van der Waals surface area (Å²) in [4.78, 5) is 3.94. The third-order valence-electron chi connectivity index (χ3n) is 4.69. The van der Waals surface area contributed by atoms with Crippen molar-refractivity contribution >= 4 is 33.2 Å². The van der Waals surface area contributed by atoms with Gasteiger partial charge in [-0.15, -0.1) is 0 Å². The maximum atomic E-state index is 12.6. The second-order valence-electron chi connectivity index (χ2n) is 5.55. The van der Waals surface area contributed by atoms with E-state index in [2.05, 4.69) is 18.8 Å². The molecule has 2 rings (SSSR count). The van der Waals surface area contributed by atoms with Gasteiger partial charge in [-0.1, -0.05) is 49.9 Å². The van der Waals surface area contributed by atoms with Gasteiger partial charge in [-0.3, -0.25) is 0 Å². The van der Waals surface area contributed by atoms with E-state index in [0.29, 0.717) is 13.1 Å². The maximum Gasteiger partial charge on any atom is 0.244 e. The molecule has 0 bridgehead atoms. The number of pyridine rings is 1. The van der Waals surface area contributed by atoms with Crippen molar-refractivity contribution in [2.45, 2.75) is 44.4 Å². The lowest BCUT2D eigenvalue weighted by Crippen LogP contribution is -2.42. The Morgan fingerprint density at radius 1 is 1.24 bits per heavy atom. The SMILES string of the molecule is CCC1(CC)CCN(S(=O)(=O)c2cnc(Cl)c(Cl)c2)CC1. The molecule has 0 unspecified atom stereocenters. The van der Waals surface area contributed by atoms with E-state index in [1.165, 1.54) is 16.6 Å². The first-order chi connectivity index (χ1) is 9.84. The van der Waals surface area contributed by atoms with Gasteiger partial charge in [-0.05, 0) is 24.3 Å². The number of hydrogen-bond acceptors (Lipinski definition) is 3. The number of aromatic nitrogens is 1. The number of piperidine rings is 1. The van der Waals surface area contributed by atoms with Gasteiger partial charge in [0, 0.05) is 19.3 Å². The van der Waals surface area contributed by atoms with Crippen LogP contribution in [0.4, 0.5) is 0 Å². The third-order valence-corrected chi connectivity index (χ3v) is 7.24. The summed E-state index contributed by atoms with van der Waals surface area (Å²) >= 11 is 11.6. The molecule has 1 aromatic rings. The van der Waals surface area contributed by atoms with E-state index < -0.39 is 10.0 Å². The van der Waals surface area contributed by atoms with E-state index in [0.717, 1.165) is 25.7 Å². The minimum Gasteiger partial charge on any atom is -0.242 e. The van der Waals surface area contributed by atoms with Crippen LogP contribution in [-0.2, 0) is 10.0 Å². The standard InChI is InChI=1S/C14H20Cl2N2O2S/c1-3-14(4-2)5-7-18(8-6-14)21(19,20)11-9-12(15)13(16)17-10-11/h9-10H,3-8H2,1-2H3. The van der Waals surface area contributed by atoms with Crippen molar-refractivity contribution in [1.82, 2.24) is 9.29 Å². The third kappa shape index (κ3) is 3.36. The van der Waals surface area contributed by atoms with Gasteiger partial charge >= 0.3 is 0 Å². The summed E-state index contributed by atoms with van der Waals surface area (Å²) in [7, 11) is -3.54. The van der Waals surface area contributed by atoms with Crippen molar-refractivity contribution in [3.8, 4) is 0 Å². The summed E-state index contributed by atoms with van der Waals surface area (Å²) in [6.07, 6.45) is 5.24. The van der Waals surface area contributed by atoms with Gasteiger partial charge in [0.25, 0.3) is 0 Å². The molecule has 21 heavy (non-hydrogen) atoms. The molecule has 4 nitrogen and oxygen atoms in total. The van der Waals surface area contributed by atoms with Crippen LogP contribution in [0.1, 0.15) is 39.5 Å². The average molecular weight is 351 g/mol. The number of nitrogens with zero attached hydrogens (tertiary/aromatic N) is 2. The van der Waals surface area contributed by atoms with Gasteiger partial charge in [0.1, 0.15) is 10.0 Å². The van der Waals surface area contributed by atoms with Crippen LogP contribution in [0.15, 0.2) is 17.2 Å². The van der Waals surface area contributed by atoms with Crippen LogP contribution >= 0.6 is 23.2 Å². The summed E-state index contributed by atoms with van der Waals surface area (Å²) in [6, 6.07) is 1.37. The molecule has 1 fully saturated rings. The molecule has 1 saturated heterocycles. The quantitative estimate of drug-likeness (QED) is 0.771. The summed E-state index contributed by atoms with van der Waals surface area (Å²) < 4.78 is 26.8. The normalized spacial score (nSPS) is 19.6. The molecule has 1 aliphatic heterocycles. The zero-order chi connectivity index (χ0) is 15.7. The molecular formula is C14H20Cl2N2O2S. The molecule has 0 N–H and O–H groups in total. The van der Waals surface area contributed by atoms with Crippen molar-refractivity contribution in [3.63, 3.8) is 0 Å². The Morgan fingerprint density at radius 2 is 1.81 bits per heavy atom. The largest absolute Gasteiger partial charge is 0.244 e. The van der Waals surface area contributed by atoms with Crippen molar-refractivity contribution in [2.24, 2.45) is 5.41 Å². The molecule has 0 aliphatic carbocycles. The highest BCUT2D eigenvalue weighted by Gasteiger charge is 2.36. The predicted molar refractivity (Wildman–Crippen MR) is 85.3 cm³/mol. The lowest BCUT2D eigenvalue weighted by atomic mass is 9.75. The fourth-order valence-electron chi connectivity index (χ4n) is 2.85. The summed E-state index contributed by atoms with van der Waals surface area (Å²) in [5, 5.41) is 0.274. The minimum absolute atomic E-state index is 0.109. The molecular weight excluding hydrogens is 331 g/mol. The van der Waals surface area contributed by atoms with Gasteiger partial charge in [0.05, 0.1) is 5.02 Å². The molecule has 1 aromatic heterocycles. The summed E-state index contributed by atoms with van der Waals surface area (Å²) in [5.74, 6) is 0. The van der Waals surface area contributed by atoms with Gasteiger partial charge in [0.15, 0.2) is 0 Å². The molecule has 0 amide bonds. The van der Waals surface area contributed by atoms with E-state index in [9.17, 15) is 8.42 Å². The van der Waals surface area contributed by atoms with Crippen molar-refractivity contribution < 1.29 is 8.42 Å². The molecule has 0 saturated carbocycles. The topological polar surface area (TPSA) is 50.3 Å². The van der Waals surface area contributed by atoms with Crippen LogP contribution in [-0.4, -0.2) is 30.8 Å². The maximum absolute atomic E-state index is 12.6. The molecule has 7 heteroatoms. The highest BCUT2D eigenvalue weighted by Crippen LogP contribution is 2.39. The zero-order valence-electron chi connectivity index (χ0n) is 12.3. The smallest absolute Gasteiger partial charge is 0.242 e. The Bertz CT molecular complexity index is 605. The number of sulfonamides is 1. The highest BCUT2D eigenvalue weighted by atomic mass is 35.5. The first-order valence-electron chi connectivity index (χ1n) is 7.16. The lowest BCUT2D eigenvalue weighted by molar-refractivity contribution is 0.141. The number of hydrogen-bond donors (Lipinski definition) is 0. The number of rotatable bonds is 4. The van der Waals surface area contributed by atoms with E-state index in [-0.39, 0.29) is 20.5 Å². The fourth-order valence-corrected chi connectivity index (χ4v) is 4.60. The Hall–Kier alpha value is -0.360. The number of halogens is 2. The summed E-state index contributed by atoms with van der Waals surface area (Å²) in [5.41, 5.74) is 0.280. The van der Waals surface area contributed by atoms with Gasteiger partial charge < -0.3 is 0 Å². The van der Waals surface area contributed by atoms with Gasteiger partial charge in [-0.25, -0.2) is 13.4 Å². The minimum atomic E-state index is -3.54. The Morgan fingerprint density at radius 3 is 2.29 bits per heavy atom. The Kier molecular flexibility index (Phi) is 5.19.